The summed E-state index contributed by atoms with van der Waals surface area (Å²) in [6, 6.07) is 14.0. The maximum absolute atomic E-state index is 12.6. The van der Waals surface area contributed by atoms with Crippen molar-refractivity contribution in [3.8, 4) is 17.2 Å². The molecule has 0 fully saturated rings. The van der Waals surface area contributed by atoms with Gasteiger partial charge in [-0.25, -0.2) is 5.43 Å². The van der Waals surface area contributed by atoms with E-state index in [0.717, 1.165) is 15.6 Å². The van der Waals surface area contributed by atoms with Crippen LogP contribution in [0, 0.1) is 13.8 Å². The zero-order valence-corrected chi connectivity index (χ0v) is 24.0. The van der Waals surface area contributed by atoms with Crippen molar-refractivity contribution in [1.29, 1.82) is 0 Å². The van der Waals surface area contributed by atoms with Crippen LogP contribution < -0.4 is 25.0 Å². The van der Waals surface area contributed by atoms with E-state index in [1.165, 1.54) is 6.21 Å². The summed E-state index contributed by atoms with van der Waals surface area (Å²) in [5, 5.41) is 6.89. The number of hydrogen-bond acceptors (Lipinski definition) is 6. The van der Waals surface area contributed by atoms with Gasteiger partial charge in [-0.1, -0.05) is 0 Å². The van der Waals surface area contributed by atoms with Gasteiger partial charge in [-0.3, -0.25) is 9.59 Å². The maximum atomic E-state index is 12.6. The smallest absolute Gasteiger partial charge is 0.271 e. The van der Waals surface area contributed by atoms with E-state index in [1.54, 1.807) is 43.5 Å². The number of anilines is 1. The lowest BCUT2D eigenvalue weighted by atomic mass is 10.1. The number of hydrogen-bond donors (Lipinski definition) is 2. The van der Waals surface area contributed by atoms with Crippen molar-refractivity contribution in [2.75, 3.05) is 25.6 Å². The lowest BCUT2D eigenvalue weighted by Crippen LogP contribution is -2.21. The first-order valence-electron chi connectivity index (χ1n) is 11.3. The van der Waals surface area contributed by atoms with Gasteiger partial charge < -0.3 is 19.5 Å². The molecule has 0 bridgehead atoms. The van der Waals surface area contributed by atoms with Crippen LogP contribution in [0.5, 0.6) is 17.2 Å². The summed E-state index contributed by atoms with van der Waals surface area (Å²) in [5.41, 5.74) is 6.45. The second-order valence-corrected chi connectivity index (χ2v) is 9.65. The van der Waals surface area contributed by atoms with E-state index < -0.39 is 0 Å². The third kappa shape index (κ3) is 7.80. The van der Waals surface area contributed by atoms with Gasteiger partial charge in [0.15, 0.2) is 18.1 Å². The number of nitrogens with zero attached hydrogens (tertiary/aromatic N) is 1. The molecule has 0 radical (unpaired) electrons. The van der Waals surface area contributed by atoms with E-state index in [0.29, 0.717) is 45.1 Å². The Balaban J connectivity index is 1.66. The fraction of sp³-hybridized carbons (Fsp3) is 0.222. The highest BCUT2D eigenvalue weighted by Gasteiger charge is 2.15. The molecule has 0 spiro atoms. The number of nitrogens with one attached hydrogen (secondary N) is 2. The summed E-state index contributed by atoms with van der Waals surface area (Å²) < 4.78 is 18.0. The zero-order chi connectivity index (χ0) is 26.9. The predicted octanol–water partition coefficient (Wildman–Crippen LogP) is 6.02. The van der Waals surface area contributed by atoms with Gasteiger partial charge in [0.1, 0.15) is 5.75 Å². The average molecular weight is 633 g/mol. The lowest BCUT2D eigenvalue weighted by molar-refractivity contribution is -0.118. The van der Waals surface area contributed by atoms with Gasteiger partial charge in [-0.15, -0.1) is 0 Å². The molecular weight excluding hydrogens is 606 g/mol. The summed E-state index contributed by atoms with van der Waals surface area (Å²) in [6.45, 7) is 6.00. The summed E-state index contributed by atoms with van der Waals surface area (Å²) in [4.78, 5) is 24.9. The molecule has 37 heavy (non-hydrogen) atoms. The van der Waals surface area contributed by atoms with Crippen molar-refractivity contribution in [3.63, 3.8) is 0 Å². The summed E-state index contributed by atoms with van der Waals surface area (Å²) >= 11 is 6.96. The minimum absolute atomic E-state index is 0.219. The number of rotatable bonds is 10. The number of halogens is 2. The predicted molar refractivity (Wildman–Crippen MR) is 151 cm³/mol. The molecule has 2 amide bonds. The summed E-state index contributed by atoms with van der Waals surface area (Å²) in [7, 11) is 1.56. The van der Waals surface area contributed by atoms with Crippen molar-refractivity contribution in [1.82, 2.24) is 5.43 Å². The van der Waals surface area contributed by atoms with E-state index in [1.807, 2.05) is 32.9 Å². The first-order valence-corrected chi connectivity index (χ1v) is 12.9. The average Bonchev–Trinajstić information content (AvgIpc) is 2.87. The standard InChI is InChI=1S/C27H27Br2N3O5/c1-5-36-24-13-18(14-30-32-27(34)19-6-8-20(35-4)9-7-19)12-22(29)26(24)37-15-25(33)31-23-11-17(3)16(2)10-21(23)28/h6-14H,5,15H2,1-4H3,(H,31,33)(H,32,34)/b30-14+. The highest BCUT2D eigenvalue weighted by atomic mass is 79.9. The van der Waals surface area contributed by atoms with Crippen LogP contribution in [-0.2, 0) is 4.79 Å². The summed E-state index contributed by atoms with van der Waals surface area (Å²) in [5.74, 6) is 0.802. The molecule has 8 nitrogen and oxygen atoms in total. The first kappa shape index (κ1) is 28.2. The van der Waals surface area contributed by atoms with Crippen molar-refractivity contribution in [2.45, 2.75) is 20.8 Å². The SMILES string of the molecule is CCOc1cc(/C=N/NC(=O)c2ccc(OC)cc2)cc(Br)c1OCC(=O)Nc1cc(C)c(C)cc1Br. The van der Waals surface area contributed by atoms with Crippen LogP contribution in [0.2, 0.25) is 0 Å². The lowest BCUT2D eigenvalue weighted by Gasteiger charge is -2.15. The van der Waals surface area contributed by atoms with Crippen molar-refractivity contribution < 1.29 is 23.8 Å². The number of amides is 2. The molecule has 10 heteroatoms. The normalized spacial score (nSPS) is 10.8. The fourth-order valence-electron chi connectivity index (χ4n) is 3.24. The van der Waals surface area contributed by atoms with Gasteiger partial charge in [0.2, 0.25) is 0 Å². The van der Waals surface area contributed by atoms with Gasteiger partial charge in [0.25, 0.3) is 11.8 Å². The Morgan fingerprint density at radius 3 is 2.35 bits per heavy atom. The van der Waals surface area contributed by atoms with E-state index in [2.05, 4.69) is 47.7 Å². The molecule has 194 valence electrons. The molecule has 0 aliphatic rings. The molecule has 3 aromatic carbocycles. The van der Waals surface area contributed by atoms with Crippen molar-refractivity contribution >= 4 is 55.6 Å². The van der Waals surface area contributed by atoms with Crippen LogP contribution in [-0.4, -0.2) is 38.4 Å². The number of carbonyl (C=O) groups excluding carboxylic acids is 2. The topological polar surface area (TPSA) is 98.2 Å². The molecule has 0 aliphatic carbocycles. The molecule has 3 rings (SSSR count). The molecule has 0 unspecified atom stereocenters. The number of ether oxygens (including phenoxy) is 3. The minimum atomic E-state index is -0.357. The largest absolute Gasteiger partial charge is 0.497 e. The molecule has 3 aromatic rings. The number of benzene rings is 3. The number of hydrazone groups is 1. The molecular formula is C27H27Br2N3O5. The molecule has 0 saturated carbocycles. The zero-order valence-electron chi connectivity index (χ0n) is 20.9. The van der Waals surface area contributed by atoms with Gasteiger partial charge in [0.05, 0.1) is 30.1 Å². The molecule has 0 saturated heterocycles. The van der Waals surface area contributed by atoms with Gasteiger partial charge in [-0.2, -0.15) is 5.10 Å². The van der Waals surface area contributed by atoms with Crippen LogP contribution >= 0.6 is 31.9 Å². The van der Waals surface area contributed by atoms with Gasteiger partial charge in [-0.05, 0) is 118 Å². The monoisotopic (exact) mass is 631 g/mol. The van der Waals surface area contributed by atoms with Gasteiger partial charge in [0, 0.05) is 10.0 Å². The Kier molecular flexibility index (Phi) is 10.1. The third-order valence-electron chi connectivity index (χ3n) is 5.27. The van der Waals surface area contributed by atoms with Crippen molar-refractivity contribution in [2.24, 2.45) is 5.10 Å². The molecule has 0 atom stereocenters. The fourth-order valence-corrected chi connectivity index (χ4v) is 4.37. The van der Waals surface area contributed by atoms with E-state index in [9.17, 15) is 9.59 Å². The van der Waals surface area contributed by atoms with E-state index in [4.69, 9.17) is 14.2 Å². The number of aryl methyl sites for hydroxylation is 2. The van der Waals surface area contributed by atoms with E-state index in [-0.39, 0.29) is 18.4 Å². The third-order valence-corrected chi connectivity index (χ3v) is 6.51. The Labute approximate surface area is 232 Å². The Morgan fingerprint density at radius 1 is 0.973 bits per heavy atom. The molecule has 0 aliphatic heterocycles. The van der Waals surface area contributed by atoms with Crippen LogP contribution in [0.4, 0.5) is 5.69 Å². The van der Waals surface area contributed by atoms with Crippen LogP contribution in [0.25, 0.3) is 0 Å². The Hall–Kier alpha value is -3.37. The first-order chi connectivity index (χ1) is 17.7. The molecule has 2 N–H and O–H groups in total. The van der Waals surface area contributed by atoms with Crippen LogP contribution in [0.15, 0.2) is 62.6 Å². The highest BCUT2D eigenvalue weighted by molar-refractivity contribution is 9.11. The van der Waals surface area contributed by atoms with Crippen LogP contribution in [0.3, 0.4) is 0 Å². The molecule has 0 aromatic heterocycles. The maximum Gasteiger partial charge on any atom is 0.271 e. The van der Waals surface area contributed by atoms with Gasteiger partial charge >= 0.3 is 0 Å². The number of carbonyl (C=O) groups is 2. The van der Waals surface area contributed by atoms with Crippen molar-refractivity contribution in [3.05, 3.63) is 79.7 Å². The minimum Gasteiger partial charge on any atom is -0.497 e. The highest BCUT2D eigenvalue weighted by Crippen LogP contribution is 2.36. The summed E-state index contributed by atoms with van der Waals surface area (Å²) in [6.07, 6.45) is 1.49. The Bertz CT molecular complexity index is 1310. The Morgan fingerprint density at radius 2 is 1.68 bits per heavy atom. The molecule has 0 heterocycles. The van der Waals surface area contributed by atoms with Crippen LogP contribution in [0.1, 0.15) is 34.0 Å². The quantitative estimate of drug-likeness (QED) is 0.210. The second-order valence-electron chi connectivity index (χ2n) is 7.94. The number of methoxy groups -OCH3 is 1. The van der Waals surface area contributed by atoms with E-state index >= 15 is 0 Å². The second kappa shape index (κ2) is 13.3.